The summed E-state index contributed by atoms with van der Waals surface area (Å²) in [5.41, 5.74) is 2.23. The summed E-state index contributed by atoms with van der Waals surface area (Å²) < 4.78 is 10.9. The number of hydrogen-bond donors (Lipinski definition) is 0. The number of ether oxygens (including phenoxy) is 2. The number of hydrogen-bond acceptors (Lipinski definition) is 3. The highest BCUT2D eigenvalue weighted by Crippen LogP contribution is 2.37. The molecule has 100 valence electrons. The number of nitrogens with zero attached hydrogens (tertiary/aromatic N) is 1. The lowest BCUT2D eigenvalue weighted by atomic mass is 9.98. The van der Waals surface area contributed by atoms with E-state index in [0.29, 0.717) is 12.7 Å². The fraction of sp³-hybridized carbons (Fsp3) is 0.438. The van der Waals surface area contributed by atoms with Crippen LogP contribution in [0.15, 0.2) is 18.2 Å². The second kappa shape index (κ2) is 4.72. The van der Waals surface area contributed by atoms with Crippen LogP contribution < -0.4 is 9.47 Å². The van der Waals surface area contributed by atoms with Gasteiger partial charge in [0.1, 0.15) is 0 Å². The molecule has 0 N–H and O–H groups in total. The first-order chi connectivity index (χ1) is 9.17. The summed E-state index contributed by atoms with van der Waals surface area (Å²) in [5.74, 6) is 2.32. The molecule has 3 rings (SSSR count). The first-order valence-electron chi connectivity index (χ1n) is 6.87. The maximum absolute atomic E-state index is 5.47. The molecule has 0 fully saturated rings. The van der Waals surface area contributed by atoms with E-state index in [1.807, 2.05) is 6.92 Å². The van der Waals surface area contributed by atoms with Crippen LogP contribution in [0.5, 0.6) is 11.5 Å². The lowest BCUT2D eigenvalue weighted by molar-refractivity contribution is 0.174. The van der Waals surface area contributed by atoms with E-state index in [1.54, 1.807) is 0 Å². The zero-order valence-corrected chi connectivity index (χ0v) is 11.7. The van der Waals surface area contributed by atoms with Crippen molar-refractivity contribution in [2.75, 3.05) is 6.79 Å². The molecule has 1 atom stereocenters. The number of aryl methyl sites for hydroxylation is 1. The van der Waals surface area contributed by atoms with Crippen molar-refractivity contribution in [2.24, 2.45) is 5.92 Å². The van der Waals surface area contributed by atoms with Gasteiger partial charge in [0.25, 0.3) is 0 Å². The van der Waals surface area contributed by atoms with Crippen LogP contribution in [-0.2, 0) is 6.42 Å². The number of pyridine rings is 1. The van der Waals surface area contributed by atoms with E-state index in [4.69, 9.17) is 14.5 Å². The van der Waals surface area contributed by atoms with Gasteiger partial charge in [0.2, 0.25) is 6.79 Å². The van der Waals surface area contributed by atoms with Crippen LogP contribution >= 0.6 is 0 Å². The molecule has 2 aromatic rings. The van der Waals surface area contributed by atoms with Gasteiger partial charge in [-0.1, -0.05) is 20.3 Å². The average molecular weight is 257 g/mol. The molecule has 1 aliphatic heterocycles. The third kappa shape index (κ3) is 2.25. The van der Waals surface area contributed by atoms with Gasteiger partial charge >= 0.3 is 0 Å². The molecule has 0 saturated heterocycles. The summed E-state index contributed by atoms with van der Waals surface area (Å²) >= 11 is 0. The Labute approximate surface area is 113 Å². The Bertz CT molecular complexity index is 622. The van der Waals surface area contributed by atoms with Crippen molar-refractivity contribution in [2.45, 2.75) is 33.6 Å². The maximum atomic E-state index is 5.47. The van der Waals surface area contributed by atoms with Gasteiger partial charge in [-0.2, -0.15) is 0 Å². The summed E-state index contributed by atoms with van der Waals surface area (Å²) in [7, 11) is 0. The summed E-state index contributed by atoms with van der Waals surface area (Å²) in [6, 6.07) is 6.24. The zero-order valence-electron chi connectivity index (χ0n) is 11.7. The Morgan fingerprint density at radius 1 is 1.21 bits per heavy atom. The van der Waals surface area contributed by atoms with E-state index in [1.165, 1.54) is 22.9 Å². The fourth-order valence-electron chi connectivity index (χ4n) is 2.49. The Hall–Kier alpha value is -1.77. The molecule has 1 aliphatic rings. The number of aromatic nitrogens is 1. The minimum absolute atomic E-state index is 0.318. The highest BCUT2D eigenvalue weighted by atomic mass is 16.7. The van der Waals surface area contributed by atoms with Crippen molar-refractivity contribution < 1.29 is 9.47 Å². The van der Waals surface area contributed by atoms with Gasteiger partial charge in [0.15, 0.2) is 11.5 Å². The SMILES string of the molecule is CCC(C)Cc1nc(C)cc2cc3c(cc12)OCO3. The van der Waals surface area contributed by atoms with Gasteiger partial charge in [-0.25, -0.2) is 0 Å². The molecule has 19 heavy (non-hydrogen) atoms. The topological polar surface area (TPSA) is 31.4 Å². The van der Waals surface area contributed by atoms with Crippen LogP contribution in [0, 0.1) is 12.8 Å². The molecule has 0 bridgehead atoms. The fourth-order valence-corrected chi connectivity index (χ4v) is 2.49. The van der Waals surface area contributed by atoms with Crippen molar-refractivity contribution >= 4 is 10.8 Å². The van der Waals surface area contributed by atoms with Gasteiger partial charge < -0.3 is 9.47 Å². The normalized spacial score (nSPS) is 14.9. The summed E-state index contributed by atoms with van der Waals surface area (Å²) in [6.45, 7) is 6.85. The van der Waals surface area contributed by atoms with Crippen LogP contribution in [-0.4, -0.2) is 11.8 Å². The summed E-state index contributed by atoms with van der Waals surface area (Å²) in [4.78, 5) is 4.72. The Morgan fingerprint density at radius 3 is 2.68 bits per heavy atom. The molecule has 0 radical (unpaired) electrons. The molecule has 1 aromatic carbocycles. The molecule has 0 aliphatic carbocycles. The van der Waals surface area contributed by atoms with E-state index in [0.717, 1.165) is 23.6 Å². The smallest absolute Gasteiger partial charge is 0.231 e. The third-order valence-electron chi connectivity index (χ3n) is 3.77. The highest BCUT2D eigenvalue weighted by molar-refractivity contribution is 5.88. The second-order valence-electron chi connectivity index (χ2n) is 5.35. The Balaban J connectivity index is 2.14. The zero-order chi connectivity index (χ0) is 13.4. The van der Waals surface area contributed by atoms with Crippen molar-refractivity contribution in [3.63, 3.8) is 0 Å². The minimum Gasteiger partial charge on any atom is -0.454 e. The maximum Gasteiger partial charge on any atom is 0.231 e. The Morgan fingerprint density at radius 2 is 1.95 bits per heavy atom. The summed E-state index contributed by atoms with van der Waals surface area (Å²) in [6.07, 6.45) is 2.18. The molecule has 0 amide bonds. The van der Waals surface area contributed by atoms with Crippen molar-refractivity contribution in [1.29, 1.82) is 0 Å². The van der Waals surface area contributed by atoms with Crippen LogP contribution in [0.2, 0.25) is 0 Å². The van der Waals surface area contributed by atoms with Crippen LogP contribution in [0.25, 0.3) is 10.8 Å². The van der Waals surface area contributed by atoms with E-state index < -0.39 is 0 Å². The molecular formula is C16H19NO2. The number of benzene rings is 1. The van der Waals surface area contributed by atoms with E-state index in [-0.39, 0.29) is 0 Å². The number of fused-ring (bicyclic) bond motifs is 2. The molecule has 2 heterocycles. The monoisotopic (exact) mass is 257 g/mol. The first-order valence-corrected chi connectivity index (χ1v) is 6.87. The van der Waals surface area contributed by atoms with Crippen LogP contribution in [0.1, 0.15) is 31.7 Å². The average Bonchev–Trinajstić information content (AvgIpc) is 2.83. The van der Waals surface area contributed by atoms with Crippen molar-refractivity contribution in [1.82, 2.24) is 4.98 Å². The molecule has 3 nitrogen and oxygen atoms in total. The van der Waals surface area contributed by atoms with Gasteiger partial charge in [0.05, 0.1) is 0 Å². The standard InChI is InChI=1S/C16H19NO2/c1-4-10(2)5-14-13-8-16-15(18-9-19-16)7-12(13)6-11(3)17-14/h6-8,10H,4-5,9H2,1-3H3. The van der Waals surface area contributed by atoms with Crippen LogP contribution in [0.3, 0.4) is 0 Å². The van der Waals surface area contributed by atoms with Gasteiger partial charge in [-0.3, -0.25) is 4.98 Å². The molecular weight excluding hydrogens is 238 g/mol. The first kappa shape index (κ1) is 12.3. The van der Waals surface area contributed by atoms with Crippen molar-refractivity contribution in [3.05, 3.63) is 29.6 Å². The predicted molar refractivity (Wildman–Crippen MR) is 75.8 cm³/mol. The van der Waals surface area contributed by atoms with E-state index >= 15 is 0 Å². The second-order valence-corrected chi connectivity index (χ2v) is 5.35. The molecule has 1 unspecified atom stereocenters. The predicted octanol–water partition coefficient (Wildman–Crippen LogP) is 3.86. The van der Waals surface area contributed by atoms with Gasteiger partial charge in [0, 0.05) is 16.8 Å². The largest absolute Gasteiger partial charge is 0.454 e. The minimum atomic E-state index is 0.318. The Kier molecular flexibility index (Phi) is 3.05. The van der Waals surface area contributed by atoms with Crippen LogP contribution in [0.4, 0.5) is 0 Å². The van der Waals surface area contributed by atoms with E-state index in [9.17, 15) is 0 Å². The van der Waals surface area contributed by atoms with Gasteiger partial charge in [-0.05, 0) is 42.8 Å². The molecule has 3 heteroatoms. The highest BCUT2D eigenvalue weighted by Gasteiger charge is 2.17. The molecule has 1 aromatic heterocycles. The van der Waals surface area contributed by atoms with Crippen molar-refractivity contribution in [3.8, 4) is 11.5 Å². The third-order valence-corrected chi connectivity index (χ3v) is 3.77. The number of rotatable bonds is 3. The quantitative estimate of drug-likeness (QED) is 0.836. The van der Waals surface area contributed by atoms with E-state index in [2.05, 4.69) is 32.0 Å². The summed E-state index contributed by atoms with van der Waals surface area (Å²) in [5, 5.41) is 2.38. The molecule has 0 spiro atoms. The molecule has 0 saturated carbocycles. The lowest BCUT2D eigenvalue weighted by Crippen LogP contribution is -2.02. The lowest BCUT2D eigenvalue weighted by Gasteiger charge is -2.12. The van der Waals surface area contributed by atoms with Gasteiger partial charge in [-0.15, -0.1) is 0 Å².